The van der Waals surface area contributed by atoms with Crippen molar-refractivity contribution in [2.45, 2.75) is 44.2 Å². The van der Waals surface area contributed by atoms with Crippen LogP contribution in [0.15, 0.2) is 36.7 Å². The van der Waals surface area contributed by atoms with Crippen molar-refractivity contribution in [3.8, 4) is 0 Å². The van der Waals surface area contributed by atoms with Crippen LogP contribution in [-0.2, 0) is 0 Å². The number of H-pyrrole nitrogens is 1. The first-order chi connectivity index (χ1) is 9.78. The van der Waals surface area contributed by atoms with E-state index in [1.54, 1.807) is 0 Å². The third-order valence-corrected chi connectivity index (χ3v) is 4.52. The van der Waals surface area contributed by atoms with Gasteiger partial charge in [-0.25, -0.2) is 4.98 Å². The Balaban J connectivity index is 1.57. The number of halogens is 1. The van der Waals surface area contributed by atoms with Crippen LogP contribution in [0, 0.1) is 0 Å². The quantitative estimate of drug-likeness (QED) is 0.872. The van der Waals surface area contributed by atoms with Crippen LogP contribution in [0.3, 0.4) is 0 Å². The van der Waals surface area contributed by atoms with Gasteiger partial charge in [0.1, 0.15) is 5.82 Å². The molecule has 1 fully saturated rings. The third kappa shape index (κ3) is 2.74. The molecule has 0 bridgehead atoms. The Hall–Kier alpha value is -1.32. The summed E-state index contributed by atoms with van der Waals surface area (Å²) in [5.74, 6) is 1.63. The summed E-state index contributed by atoms with van der Waals surface area (Å²) in [6.45, 7) is 2.18. The van der Waals surface area contributed by atoms with Crippen LogP contribution in [0.4, 0.5) is 0 Å². The lowest BCUT2D eigenvalue weighted by Crippen LogP contribution is -2.42. The van der Waals surface area contributed by atoms with Crippen molar-refractivity contribution in [1.82, 2.24) is 15.3 Å². The van der Waals surface area contributed by atoms with E-state index in [1.807, 2.05) is 24.5 Å². The van der Waals surface area contributed by atoms with Gasteiger partial charge in [0.2, 0.25) is 0 Å². The van der Waals surface area contributed by atoms with Crippen molar-refractivity contribution in [2.24, 2.45) is 0 Å². The van der Waals surface area contributed by atoms with Crippen molar-refractivity contribution >= 4 is 11.6 Å². The minimum absolute atomic E-state index is 0.321. The number of rotatable bonds is 5. The molecule has 106 valence electrons. The van der Waals surface area contributed by atoms with E-state index in [1.165, 1.54) is 5.56 Å². The van der Waals surface area contributed by atoms with E-state index in [9.17, 15) is 0 Å². The average Bonchev–Trinajstić information content (AvgIpc) is 2.93. The molecule has 1 saturated carbocycles. The van der Waals surface area contributed by atoms with Crippen LogP contribution < -0.4 is 5.32 Å². The van der Waals surface area contributed by atoms with Gasteiger partial charge in [-0.15, -0.1) is 0 Å². The van der Waals surface area contributed by atoms with Crippen LogP contribution in [0.2, 0.25) is 5.02 Å². The Morgan fingerprint density at radius 1 is 1.40 bits per heavy atom. The minimum Gasteiger partial charge on any atom is -0.347 e. The maximum absolute atomic E-state index is 6.26. The van der Waals surface area contributed by atoms with Crippen molar-refractivity contribution < 1.29 is 0 Å². The molecule has 20 heavy (non-hydrogen) atoms. The molecule has 3 nitrogen and oxygen atoms in total. The Bertz CT molecular complexity index is 547. The van der Waals surface area contributed by atoms with Gasteiger partial charge in [-0.2, -0.15) is 0 Å². The first-order valence-corrected chi connectivity index (χ1v) is 7.65. The van der Waals surface area contributed by atoms with Crippen molar-refractivity contribution in [1.29, 1.82) is 0 Å². The van der Waals surface area contributed by atoms with Gasteiger partial charge in [0.15, 0.2) is 0 Å². The van der Waals surface area contributed by atoms with Gasteiger partial charge in [0, 0.05) is 23.5 Å². The molecule has 0 aliphatic heterocycles. The zero-order valence-electron chi connectivity index (χ0n) is 11.6. The smallest absolute Gasteiger partial charge is 0.123 e. The van der Waals surface area contributed by atoms with Gasteiger partial charge in [0.05, 0.1) is 6.04 Å². The SMILES string of the molecule is CCC(NC1CC(c2ccccc2Cl)C1)c1ncc[nH]1. The van der Waals surface area contributed by atoms with Gasteiger partial charge in [-0.05, 0) is 36.8 Å². The summed E-state index contributed by atoms with van der Waals surface area (Å²) in [5.41, 5.74) is 1.29. The number of aromatic amines is 1. The zero-order chi connectivity index (χ0) is 13.9. The van der Waals surface area contributed by atoms with Gasteiger partial charge >= 0.3 is 0 Å². The van der Waals surface area contributed by atoms with Gasteiger partial charge in [0.25, 0.3) is 0 Å². The van der Waals surface area contributed by atoms with E-state index in [-0.39, 0.29) is 0 Å². The molecule has 2 N–H and O–H groups in total. The molecule has 1 heterocycles. The fourth-order valence-electron chi connectivity index (χ4n) is 2.96. The molecule has 1 unspecified atom stereocenters. The van der Waals surface area contributed by atoms with Crippen molar-refractivity contribution in [2.75, 3.05) is 0 Å². The molecule has 1 atom stereocenters. The third-order valence-electron chi connectivity index (χ3n) is 4.18. The average molecular weight is 290 g/mol. The van der Waals surface area contributed by atoms with E-state index in [0.717, 1.165) is 30.1 Å². The predicted molar refractivity (Wildman–Crippen MR) is 82.0 cm³/mol. The highest BCUT2D eigenvalue weighted by Gasteiger charge is 2.32. The second kappa shape index (κ2) is 5.98. The summed E-state index contributed by atoms with van der Waals surface area (Å²) >= 11 is 6.26. The molecule has 4 heteroatoms. The first kappa shape index (κ1) is 13.7. The largest absolute Gasteiger partial charge is 0.347 e. The molecule has 0 spiro atoms. The Morgan fingerprint density at radius 3 is 2.85 bits per heavy atom. The first-order valence-electron chi connectivity index (χ1n) is 7.27. The Kier molecular flexibility index (Phi) is 4.08. The fourth-order valence-corrected chi connectivity index (χ4v) is 3.25. The Labute approximate surface area is 124 Å². The molecule has 2 aromatic rings. The van der Waals surface area contributed by atoms with Crippen LogP contribution >= 0.6 is 11.6 Å². The summed E-state index contributed by atoms with van der Waals surface area (Å²) < 4.78 is 0. The molecular formula is C16H20ClN3. The highest BCUT2D eigenvalue weighted by molar-refractivity contribution is 6.31. The summed E-state index contributed by atoms with van der Waals surface area (Å²) in [6, 6.07) is 9.07. The highest BCUT2D eigenvalue weighted by Crippen LogP contribution is 2.40. The standard InChI is InChI=1S/C16H20ClN3/c1-2-15(16-18-7-8-19-16)20-12-9-11(10-12)13-5-3-4-6-14(13)17/h3-8,11-12,15,20H,2,9-10H2,1H3,(H,18,19). The van der Waals surface area contributed by atoms with E-state index in [2.05, 4.69) is 34.3 Å². The molecule has 1 aliphatic carbocycles. The summed E-state index contributed by atoms with van der Waals surface area (Å²) in [7, 11) is 0. The summed E-state index contributed by atoms with van der Waals surface area (Å²) in [6.07, 6.45) is 7.04. The molecular weight excluding hydrogens is 270 g/mol. The maximum atomic E-state index is 6.26. The zero-order valence-corrected chi connectivity index (χ0v) is 12.4. The molecule has 1 aromatic heterocycles. The van der Waals surface area contributed by atoms with Crippen LogP contribution in [0.5, 0.6) is 0 Å². The molecule has 0 saturated heterocycles. The minimum atomic E-state index is 0.321. The van der Waals surface area contributed by atoms with E-state index >= 15 is 0 Å². The van der Waals surface area contributed by atoms with Gasteiger partial charge in [-0.1, -0.05) is 36.7 Å². The van der Waals surface area contributed by atoms with Crippen molar-refractivity contribution in [3.63, 3.8) is 0 Å². The lowest BCUT2D eigenvalue weighted by molar-refractivity contribution is 0.259. The predicted octanol–water partition coefficient (Wildman–Crippen LogP) is 4.05. The number of aromatic nitrogens is 2. The Morgan fingerprint density at radius 2 is 2.20 bits per heavy atom. The molecule has 1 aromatic carbocycles. The fraction of sp³-hybridized carbons (Fsp3) is 0.438. The number of hydrogen-bond donors (Lipinski definition) is 2. The van der Waals surface area contributed by atoms with E-state index in [0.29, 0.717) is 18.0 Å². The number of nitrogens with one attached hydrogen (secondary N) is 2. The monoisotopic (exact) mass is 289 g/mol. The molecule has 0 amide bonds. The van der Waals surface area contributed by atoms with Gasteiger partial charge < -0.3 is 10.3 Å². The lowest BCUT2D eigenvalue weighted by Gasteiger charge is -2.38. The highest BCUT2D eigenvalue weighted by atomic mass is 35.5. The summed E-state index contributed by atoms with van der Waals surface area (Å²) in [5, 5.41) is 4.59. The van der Waals surface area contributed by atoms with Crippen LogP contribution in [0.25, 0.3) is 0 Å². The van der Waals surface area contributed by atoms with E-state index < -0.39 is 0 Å². The van der Waals surface area contributed by atoms with Crippen molar-refractivity contribution in [3.05, 3.63) is 53.1 Å². The number of imidazole rings is 1. The topological polar surface area (TPSA) is 40.7 Å². The van der Waals surface area contributed by atoms with E-state index in [4.69, 9.17) is 11.6 Å². The lowest BCUT2D eigenvalue weighted by atomic mass is 9.75. The summed E-state index contributed by atoms with van der Waals surface area (Å²) in [4.78, 5) is 7.55. The second-order valence-electron chi connectivity index (χ2n) is 5.49. The molecule has 3 rings (SSSR count). The maximum Gasteiger partial charge on any atom is 0.123 e. The van der Waals surface area contributed by atoms with Gasteiger partial charge in [-0.3, -0.25) is 0 Å². The number of nitrogens with zero attached hydrogens (tertiary/aromatic N) is 1. The van der Waals surface area contributed by atoms with Crippen LogP contribution in [0.1, 0.15) is 49.5 Å². The number of hydrogen-bond acceptors (Lipinski definition) is 2. The van der Waals surface area contributed by atoms with Crippen LogP contribution in [-0.4, -0.2) is 16.0 Å². The normalized spacial score (nSPS) is 23.3. The molecule has 1 aliphatic rings. The second-order valence-corrected chi connectivity index (χ2v) is 5.90. The number of benzene rings is 1. The molecule has 0 radical (unpaired) electrons.